The second-order valence-electron chi connectivity index (χ2n) is 5.54. The van der Waals surface area contributed by atoms with Gasteiger partial charge in [-0.15, -0.1) is 0 Å². The summed E-state index contributed by atoms with van der Waals surface area (Å²) in [6.07, 6.45) is 0. The first-order chi connectivity index (χ1) is 10.9. The van der Waals surface area contributed by atoms with Crippen LogP contribution in [-0.4, -0.2) is 18.8 Å². The van der Waals surface area contributed by atoms with Gasteiger partial charge >= 0.3 is 0 Å². The van der Waals surface area contributed by atoms with Crippen LogP contribution >= 0.6 is 0 Å². The lowest BCUT2D eigenvalue weighted by Gasteiger charge is -2.25. The van der Waals surface area contributed by atoms with Gasteiger partial charge in [0.2, 0.25) is 11.7 Å². The molecule has 0 aliphatic rings. The van der Waals surface area contributed by atoms with Gasteiger partial charge < -0.3 is 19.9 Å². The number of primary amides is 1. The molecule has 0 bridgehead atoms. The number of hydrogen-bond donors (Lipinski definition) is 1. The molecule has 0 spiro atoms. The maximum Gasteiger partial charge on any atom is 0.248 e. The lowest BCUT2D eigenvalue weighted by molar-refractivity contribution is -0.134. The van der Waals surface area contributed by atoms with Crippen molar-refractivity contribution in [3.63, 3.8) is 0 Å². The fraction of sp³-hybridized carbons (Fsp3) is 0.278. The van der Waals surface area contributed by atoms with E-state index in [4.69, 9.17) is 19.9 Å². The van der Waals surface area contributed by atoms with Crippen molar-refractivity contribution in [1.29, 1.82) is 0 Å². The molecule has 2 aromatic rings. The van der Waals surface area contributed by atoms with E-state index in [9.17, 15) is 4.79 Å². The van der Waals surface area contributed by atoms with E-state index in [2.05, 4.69) is 0 Å². The zero-order chi connectivity index (χ0) is 16.9. The molecule has 0 aliphatic carbocycles. The van der Waals surface area contributed by atoms with Gasteiger partial charge in [0.1, 0.15) is 18.1 Å². The van der Waals surface area contributed by atoms with Crippen molar-refractivity contribution < 1.29 is 19.0 Å². The van der Waals surface area contributed by atoms with Crippen LogP contribution in [0.15, 0.2) is 48.5 Å². The Bertz CT molecular complexity index is 668. The molecule has 0 unspecified atom stereocenters. The Labute approximate surface area is 136 Å². The maximum absolute atomic E-state index is 11.5. The molecule has 0 fully saturated rings. The van der Waals surface area contributed by atoms with E-state index < -0.39 is 11.7 Å². The van der Waals surface area contributed by atoms with E-state index in [-0.39, 0.29) is 0 Å². The van der Waals surface area contributed by atoms with Crippen molar-refractivity contribution in [1.82, 2.24) is 0 Å². The van der Waals surface area contributed by atoms with Gasteiger partial charge in [-0.1, -0.05) is 30.3 Å². The van der Waals surface area contributed by atoms with Crippen molar-refractivity contribution in [2.45, 2.75) is 26.2 Å². The Kier molecular flexibility index (Phi) is 5.24. The van der Waals surface area contributed by atoms with Gasteiger partial charge in [-0.2, -0.15) is 0 Å². The van der Waals surface area contributed by atoms with Crippen LogP contribution in [0.3, 0.4) is 0 Å². The summed E-state index contributed by atoms with van der Waals surface area (Å²) in [5, 5.41) is 0. The van der Waals surface area contributed by atoms with Gasteiger partial charge in [0.15, 0.2) is 0 Å². The van der Waals surface area contributed by atoms with Crippen molar-refractivity contribution >= 4 is 5.91 Å². The minimum Gasteiger partial charge on any atom is -0.489 e. The van der Waals surface area contributed by atoms with Crippen LogP contribution in [0.1, 0.15) is 29.8 Å². The molecule has 2 rings (SSSR count). The third-order valence-electron chi connectivity index (χ3n) is 3.27. The summed E-state index contributed by atoms with van der Waals surface area (Å²) in [5.74, 6) is -0.411. The van der Waals surface area contributed by atoms with Gasteiger partial charge in [-0.3, -0.25) is 4.79 Å². The van der Waals surface area contributed by atoms with Gasteiger partial charge in [0, 0.05) is 32.6 Å². The highest BCUT2D eigenvalue weighted by Gasteiger charge is 2.19. The summed E-state index contributed by atoms with van der Waals surface area (Å²) in [7, 11) is 1.55. The Morgan fingerprint density at radius 3 is 2.35 bits per heavy atom. The monoisotopic (exact) mass is 315 g/mol. The Balaban J connectivity index is 2.21. The van der Waals surface area contributed by atoms with E-state index in [0.29, 0.717) is 23.7 Å². The zero-order valence-corrected chi connectivity index (χ0v) is 13.5. The number of methoxy groups -OCH3 is 1. The number of rotatable bonds is 7. The Morgan fingerprint density at radius 2 is 1.74 bits per heavy atom. The van der Waals surface area contributed by atoms with Crippen LogP contribution in [0.5, 0.6) is 11.5 Å². The largest absolute Gasteiger partial charge is 0.489 e. The predicted molar refractivity (Wildman–Crippen MR) is 87.4 cm³/mol. The first-order valence-electron chi connectivity index (χ1n) is 7.25. The van der Waals surface area contributed by atoms with Crippen LogP contribution in [0.4, 0.5) is 0 Å². The smallest absolute Gasteiger partial charge is 0.248 e. The number of nitrogens with two attached hydrogens (primary N) is 1. The molecule has 5 nitrogen and oxygen atoms in total. The lowest BCUT2D eigenvalue weighted by atomic mass is 10.2. The fourth-order valence-electron chi connectivity index (χ4n) is 1.92. The molecular formula is C18H21NO4. The minimum atomic E-state index is -0.826. The van der Waals surface area contributed by atoms with Crippen molar-refractivity contribution in [3.05, 3.63) is 59.7 Å². The molecule has 1 amide bonds. The quantitative estimate of drug-likeness (QED) is 0.797. The van der Waals surface area contributed by atoms with Gasteiger partial charge in [0.25, 0.3) is 0 Å². The molecule has 0 saturated carbocycles. The second-order valence-corrected chi connectivity index (χ2v) is 5.54. The number of hydrogen-bond acceptors (Lipinski definition) is 4. The van der Waals surface area contributed by atoms with E-state index in [1.165, 1.54) is 0 Å². The summed E-state index contributed by atoms with van der Waals surface area (Å²) in [5.41, 5.74) is 6.72. The third kappa shape index (κ3) is 5.00. The fourth-order valence-corrected chi connectivity index (χ4v) is 1.92. The molecule has 0 heterocycles. The molecule has 2 N–H and O–H groups in total. The first kappa shape index (κ1) is 16.8. The lowest BCUT2D eigenvalue weighted by Crippen LogP contribution is -2.30. The molecule has 0 saturated heterocycles. The van der Waals surface area contributed by atoms with E-state index in [1.54, 1.807) is 39.2 Å². The van der Waals surface area contributed by atoms with Gasteiger partial charge in [-0.05, 0) is 17.7 Å². The number of carbonyl (C=O) groups excluding carboxylic acids is 1. The SMILES string of the molecule is COC(C)(C)Oc1cc(OCc2ccccc2)cc(C(N)=O)c1. The highest BCUT2D eigenvalue weighted by atomic mass is 16.7. The average Bonchev–Trinajstić information content (AvgIpc) is 2.53. The summed E-state index contributed by atoms with van der Waals surface area (Å²) in [4.78, 5) is 11.5. The van der Waals surface area contributed by atoms with Gasteiger partial charge in [-0.25, -0.2) is 0 Å². The minimum absolute atomic E-state index is 0.317. The molecule has 0 radical (unpaired) electrons. The van der Waals surface area contributed by atoms with Crippen molar-refractivity contribution in [3.8, 4) is 11.5 Å². The molecular weight excluding hydrogens is 294 g/mol. The normalized spacial score (nSPS) is 11.1. The summed E-state index contributed by atoms with van der Waals surface area (Å²) >= 11 is 0. The van der Waals surface area contributed by atoms with Crippen molar-refractivity contribution in [2.75, 3.05) is 7.11 Å². The first-order valence-corrected chi connectivity index (χ1v) is 7.25. The van der Waals surface area contributed by atoms with Crippen LogP contribution < -0.4 is 15.2 Å². The number of ether oxygens (including phenoxy) is 3. The van der Waals surface area contributed by atoms with E-state index in [1.807, 2.05) is 30.3 Å². The zero-order valence-electron chi connectivity index (χ0n) is 13.5. The topological polar surface area (TPSA) is 70.8 Å². The Morgan fingerprint density at radius 1 is 1.09 bits per heavy atom. The van der Waals surface area contributed by atoms with Gasteiger partial charge in [0.05, 0.1) is 0 Å². The number of amides is 1. The Hall–Kier alpha value is -2.53. The summed E-state index contributed by atoms with van der Waals surface area (Å²) < 4.78 is 16.7. The third-order valence-corrected chi connectivity index (χ3v) is 3.27. The molecule has 0 atom stereocenters. The maximum atomic E-state index is 11.5. The van der Waals surface area contributed by atoms with E-state index >= 15 is 0 Å². The molecule has 0 aromatic heterocycles. The standard InChI is InChI=1S/C18H21NO4/c1-18(2,21-3)23-16-10-14(17(19)20)9-15(11-16)22-12-13-7-5-4-6-8-13/h4-11H,12H2,1-3H3,(H2,19,20). The highest BCUT2D eigenvalue weighted by molar-refractivity contribution is 5.93. The van der Waals surface area contributed by atoms with Crippen LogP contribution in [0.25, 0.3) is 0 Å². The number of carbonyl (C=O) groups is 1. The second kappa shape index (κ2) is 7.15. The highest BCUT2D eigenvalue weighted by Crippen LogP contribution is 2.27. The van der Waals surface area contributed by atoms with E-state index in [0.717, 1.165) is 5.56 Å². The molecule has 2 aromatic carbocycles. The number of benzene rings is 2. The molecule has 0 aliphatic heterocycles. The van der Waals surface area contributed by atoms with Crippen LogP contribution in [0.2, 0.25) is 0 Å². The summed E-state index contributed by atoms with van der Waals surface area (Å²) in [6.45, 7) is 3.93. The molecule has 122 valence electrons. The molecule has 23 heavy (non-hydrogen) atoms. The molecule has 5 heteroatoms. The van der Waals surface area contributed by atoms with Crippen LogP contribution in [0, 0.1) is 0 Å². The average molecular weight is 315 g/mol. The predicted octanol–water partition coefficient (Wildman–Crippen LogP) is 3.13. The van der Waals surface area contributed by atoms with Crippen molar-refractivity contribution in [2.24, 2.45) is 5.73 Å². The van der Waals surface area contributed by atoms with Crippen LogP contribution in [-0.2, 0) is 11.3 Å². The summed E-state index contributed by atoms with van der Waals surface area (Å²) in [6, 6.07) is 14.6.